The van der Waals surface area contributed by atoms with E-state index in [9.17, 15) is 9.18 Å². The van der Waals surface area contributed by atoms with Crippen LogP contribution in [-0.4, -0.2) is 32.3 Å². The monoisotopic (exact) mass is 269 g/mol. The van der Waals surface area contributed by atoms with E-state index in [1.165, 1.54) is 24.3 Å². The molecule has 4 nitrogen and oxygen atoms in total. The molecule has 0 heterocycles. The van der Waals surface area contributed by atoms with Crippen LogP contribution in [0, 0.1) is 5.82 Å². The molecule has 0 bridgehead atoms. The van der Waals surface area contributed by atoms with Crippen molar-refractivity contribution in [1.29, 1.82) is 0 Å². The molecule has 0 aliphatic carbocycles. The van der Waals surface area contributed by atoms with E-state index in [0.717, 1.165) is 6.42 Å². The number of halogens is 1. The second-order valence-corrected chi connectivity index (χ2v) is 4.11. The normalized spacial score (nSPS) is 11.9. The number of methoxy groups -OCH3 is 1. The van der Waals surface area contributed by atoms with E-state index in [2.05, 4.69) is 5.32 Å². The highest BCUT2D eigenvalue weighted by molar-refractivity contribution is 5.81. The maximum absolute atomic E-state index is 12.8. The van der Waals surface area contributed by atoms with Crippen molar-refractivity contribution in [1.82, 2.24) is 5.32 Å². The van der Waals surface area contributed by atoms with Gasteiger partial charge in [0.2, 0.25) is 0 Å². The van der Waals surface area contributed by atoms with Crippen LogP contribution in [0.3, 0.4) is 0 Å². The Bertz CT molecular complexity index is 381. The first-order valence-electron chi connectivity index (χ1n) is 6.36. The van der Waals surface area contributed by atoms with Crippen molar-refractivity contribution in [2.45, 2.75) is 25.9 Å². The van der Waals surface area contributed by atoms with Gasteiger partial charge in [-0.15, -0.1) is 0 Å². The van der Waals surface area contributed by atoms with Gasteiger partial charge in [0.25, 0.3) is 5.91 Å². The predicted molar refractivity (Wildman–Crippen MR) is 70.6 cm³/mol. The molecular formula is C14H20FNO3. The number of benzene rings is 1. The molecular weight excluding hydrogens is 249 g/mol. The number of carbonyl (C=O) groups is 1. The van der Waals surface area contributed by atoms with Crippen molar-refractivity contribution in [2.24, 2.45) is 0 Å². The Morgan fingerprint density at radius 2 is 2.05 bits per heavy atom. The molecule has 1 N–H and O–H groups in total. The minimum atomic E-state index is -0.562. The van der Waals surface area contributed by atoms with Gasteiger partial charge in [0.05, 0.1) is 0 Å². The van der Waals surface area contributed by atoms with Crippen molar-refractivity contribution in [3.05, 3.63) is 30.1 Å². The molecule has 19 heavy (non-hydrogen) atoms. The van der Waals surface area contributed by atoms with Gasteiger partial charge in [-0.3, -0.25) is 4.79 Å². The van der Waals surface area contributed by atoms with Crippen molar-refractivity contribution in [3.8, 4) is 5.75 Å². The van der Waals surface area contributed by atoms with E-state index < -0.39 is 6.10 Å². The lowest BCUT2D eigenvalue weighted by molar-refractivity contribution is -0.128. The van der Waals surface area contributed by atoms with Crippen LogP contribution in [0.2, 0.25) is 0 Å². The summed E-state index contributed by atoms with van der Waals surface area (Å²) in [5.41, 5.74) is 0. The predicted octanol–water partition coefficient (Wildman–Crippen LogP) is 2.14. The Morgan fingerprint density at radius 3 is 2.63 bits per heavy atom. The molecule has 0 aliphatic rings. The van der Waals surface area contributed by atoms with E-state index in [1.807, 2.05) is 6.92 Å². The topological polar surface area (TPSA) is 47.6 Å². The summed E-state index contributed by atoms with van der Waals surface area (Å²) >= 11 is 0. The standard InChI is InChI=1S/C14H20FNO3/c1-3-13(14(17)16-9-4-10-18-2)19-12-7-5-11(15)6-8-12/h5-8,13H,3-4,9-10H2,1-2H3,(H,16,17)/t13-/m0/s1. The third-order valence-corrected chi connectivity index (χ3v) is 2.58. The third kappa shape index (κ3) is 5.70. The SMILES string of the molecule is CC[C@H](Oc1ccc(F)cc1)C(=O)NCCCOC. The largest absolute Gasteiger partial charge is 0.481 e. The Balaban J connectivity index is 2.43. The first-order valence-corrected chi connectivity index (χ1v) is 6.36. The lowest BCUT2D eigenvalue weighted by Gasteiger charge is -2.17. The molecule has 1 aromatic carbocycles. The zero-order valence-electron chi connectivity index (χ0n) is 11.3. The molecule has 1 atom stereocenters. The molecule has 0 fully saturated rings. The minimum absolute atomic E-state index is 0.164. The Morgan fingerprint density at radius 1 is 1.37 bits per heavy atom. The number of nitrogens with one attached hydrogen (secondary N) is 1. The highest BCUT2D eigenvalue weighted by Crippen LogP contribution is 2.14. The van der Waals surface area contributed by atoms with E-state index in [0.29, 0.717) is 25.3 Å². The maximum atomic E-state index is 12.8. The molecule has 0 radical (unpaired) electrons. The van der Waals surface area contributed by atoms with Crippen molar-refractivity contribution < 1.29 is 18.7 Å². The van der Waals surface area contributed by atoms with Crippen molar-refractivity contribution >= 4 is 5.91 Å². The average molecular weight is 269 g/mol. The number of amides is 1. The fourth-order valence-electron chi connectivity index (χ4n) is 1.54. The van der Waals surface area contributed by atoms with Crippen LogP contribution in [0.15, 0.2) is 24.3 Å². The number of ether oxygens (including phenoxy) is 2. The van der Waals surface area contributed by atoms with E-state index >= 15 is 0 Å². The fraction of sp³-hybridized carbons (Fsp3) is 0.500. The molecule has 1 amide bonds. The van der Waals surface area contributed by atoms with Crippen LogP contribution in [0.5, 0.6) is 5.75 Å². The second kappa shape index (κ2) is 8.48. The van der Waals surface area contributed by atoms with Gasteiger partial charge in [-0.25, -0.2) is 4.39 Å². The number of hydrogen-bond donors (Lipinski definition) is 1. The Hall–Kier alpha value is -1.62. The fourth-order valence-corrected chi connectivity index (χ4v) is 1.54. The first-order chi connectivity index (χ1) is 9.17. The Kier molecular flexibility index (Phi) is 6.89. The van der Waals surface area contributed by atoms with Gasteiger partial charge < -0.3 is 14.8 Å². The zero-order valence-corrected chi connectivity index (χ0v) is 11.3. The van der Waals surface area contributed by atoms with Gasteiger partial charge in [-0.05, 0) is 37.1 Å². The van der Waals surface area contributed by atoms with Crippen LogP contribution in [-0.2, 0) is 9.53 Å². The number of carbonyl (C=O) groups excluding carboxylic acids is 1. The minimum Gasteiger partial charge on any atom is -0.481 e. The lowest BCUT2D eigenvalue weighted by atomic mass is 10.2. The molecule has 0 saturated heterocycles. The maximum Gasteiger partial charge on any atom is 0.261 e. The van der Waals surface area contributed by atoms with Crippen molar-refractivity contribution in [3.63, 3.8) is 0 Å². The van der Waals surface area contributed by atoms with E-state index in [4.69, 9.17) is 9.47 Å². The van der Waals surface area contributed by atoms with E-state index in [-0.39, 0.29) is 11.7 Å². The summed E-state index contributed by atoms with van der Waals surface area (Å²) in [6, 6.07) is 5.63. The molecule has 5 heteroatoms. The highest BCUT2D eigenvalue weighted by atomic mass is 19.1. The molecule has 1 aromatic rings. The summed E-state index contributed by atoms with van der Waals surface area (Å²) in [4.78, 5) is 11.9. The number of rotatable bonds is 8. The summed E-state index contributed by atoms with van der Waals surface area (Å²) in [7, 11) is 1.62. The van der Waals surface area contributed by atoms with Crippen LogP contribution >= 0.6 is 0 Å². The summed E-state index contributed by atoms with van der Waals surface area (Å²) in [6.45, 7) is 3.02. The summed E-state index contributed by atoms with van der Waals surface area (Å²) in [6.07, 6.45) is 0.746. The van der Waals surface area contributed by atoms with Crippen LogP contribution in [0.4, 0.5) is 4.39 Å². The molecule has 106 valence electrons. The summed E-state index contributed by atoms with van der Waals surface area (Å²) in [5, 5.41) is 2.78. The van der Waals surface area contributed by atoms with Crippen molar-refractivity contribution in [2.75, 3.05) is 20.3 Å². The zero-order chi connectivity index (χ0) is 14.1. The average Bonchev–Trinajstić information content (AvgIpc) is 2.42. The molecule has 0 aliphatic heterocycles. The van der Waals surface area contributed by atoms with Gasteiger partial charge >= 0.3 is 0 Å². The molecule has 0 spiro atoms. The molecule has 1 rings (SSSR count). The summed E-state index contributed by atoms with van der Waals surface area (Å²) < 4.78 is 23.2. The first kappa shape index (κ1) is 15.4. The van der Waals surface area contributed by atoms with Crippen LogP contribution in [0.1, 0.15) is 19.8 Å². The van der Waals surface area contributed by atoms with Crippen LogP contribution in [0.25, 0.3) is 0 Å². The summed E-state index contributed by atoms with van der Waals surface area (Å²) in [5.74, 6) is -0.00682. The van der Waals surface area contributed by atoms with E-state index in [1.54, 1.807) is 7.11 Å². The second-order valence-electron chi connectivity index (χ2n) is 4.11. The molecule has 0 unspecified atom stereocenters. The highest BCUT2D eigenvalue weighted by Gasteiger charge is 2.17. The van der Waals surface area contributed by atoms with Gasteiger partial charge in [0, 0.05) is 20.3 Å². The van der Waals surface area contributed by atoms with Gasteiger partial charge in [-0.1, -0.05) is 6.92 Å². The quantitative estimate of drug-likeness (QED) is 0.735. The van der Waals surface area contributed by atoms with Crippen LogP contribution < -0.4 is 10.1 Å². The molecule has 0 aromatic heterocycles. The molecule has 0 saturated carbocycles. The Labute approximate surface area is 112 Å². The van der Waals surface area contributed by atoms with Gasteiger partial charge in [0.1, 0.15) is 11.6 Å². The van der Waals surface area contributed by atoms with Gasteiger partial charge in [0.15, 0.2) is 6.10 Å². The number of hydrogen-bond acceptors (Lipinski definition) is 3. The third-order valence-electron chi connectivity index (χ3n) is 2.58. The van der Waals surface area contributed by atoms with Gasteiger partial charge in [-0.2, -0.15) is 0 Å². The lowest BCUT2D eigenvalue weighted by Crippen LogP contribution is -2.38. The smallest absolute Gasteiger partial charge is 0.261 e.